The third-order valence-electron chi connectivity index (χ3n) is 2.54. The van der Waals surface area contributed by atoms with Crippen LogP contribution in [0.5, 0.6) is 0 Å². The van der Waals surface area contributed by atoms with Crippen LogP contribution in [-0.2, 0) is 0 Å². The molecule has 0 spiro atoms. The van der Waals surface area contributed by atoms with Crippen LogP contribution in [-0.4, -0.2) is 21.1 Å². The lowest BCUT2D eigenvalue weighted by atomic mass is 10.1. The predicted molar refractivity (Wildman–Crippen MR) is 65.0 cm³/mol. The minimum atomic E-state index is -0.178. The van der Waals surface area contributed by atoms with Crippen LogP contribution < -0.4 is 5.32 Å². The van der Waals surface area contributed by atoms with Gasteiger partial charge >= 0.3 is 0 Å². The van der Waals surface area contributed by atoms with E-state index < -0.39 is 0 Å². The van der Waals surface area contributed by atoms with Crippen molar-refractivity contribution in [2.45, 2.75) is 20.8 Å². The van der Waals surface area contributed by atoms with E-state index in [-0.39, 0.29) is 5.91 Å². The van der Waals surface area contributed by atoms with Crippen molar-refractivity contribution in [2.75, 3.05) is 5.32 Å². The lowest BCUT2D eigenvalue weighted by molar-refractivity contribution is 0.102. The van der Waals surface area contributed by atoms with E-state index in [0.29, 0.717) is 11.4 Å². The van der Waals surface area contributed by atoms with Crippen molar-refractivity contribution in [1.29, 1.82) is 0 Å². The molecule has 88 valence electrons. The Morgan fingerprint density at radius 2 is 2.06 bits per heavy atom. The van der Waals surface area contributed by atoms with E-state index >= 15 is 0 Å². The van der Waals surface area contributed by atoms with Crippen molar-refractivity contribution in [1.82, 2.24) is 15.2 Å². The second-order valence-electron chi connectivity index (χ2n) is 3.97. The largest absolute Gasteiger partial charge is 0.307 e. The molecule has 2 N–H and O–H groups in total. The molecule has 0 aliphatic carbocycles. The van der Waals surface area contributed by atoms with E-state index in [1.807, 2.05) is 26.8 Å². The Kier molecular flexibility index (Phi) is 2.91. The quantitative estimate of drug-likeness (QED) is 0.828. The second kappa shape index (κ2) is 4.37. The Bertz CT molecular complexity index is 559. The molecule has 0 aromatic carbocycles. The molecule has 0 aliphatic rings. The molecule has 0 aliphatic heterocycles. The number of aromatic nitrogens is 3. The van der Waals surface area contributed by atoms with Crippen LogP contribution >= 0.6 is 0 Å². The van der Waals surface area contributed by atoms with Gasteiger partial charge in [-0.05, 0) is 32.9 Å². The van der Waals surface area contributed by atoms with Gasteiger partial charge in [-0.1, -0.05) is 0 Å². The monoisotopic (exact) mass is 230 g/mol. The number of hydrogen-bond acceptors (Lipinski definition) is 3. The molecule has 0 fully saturated rings. The number of nitrogens with one attached hydrogen (secondary N) is 2. The predicted octanol–water partition coefficient (Wildman–Crippen LogP) is 1.98. The molecule has 0 atom stereocenters. The van der Waals surface area contributed by atoms with E-state index in [0.717, 1.165) is 17.0 Å². The molecule has 0 saturated carbocycles. The fourth-order valence-corrected chi connectivity index (χ4v) is 1.58. The number of carbonyl (C=O) groups excluding carboxylic acids is 1. The first-order valence-corrected chi connectivity index (χ1v) is 5.33. The maximum atomic E-state index is 12.0. The Balaban J connectivity index is 2.23. The van der Waals surface area contributed by atoms with Crippen molar-refractivity contribution < 1.29 is 4.79 Å². The standard InChI is InChI=1S/C12H14N4O/c1-7-6-13-16-11(7)15-12(17)10-5-4-8(2)14-9(10)3/h4-6H,1-3H3,(H2,13,15,16,17). The van der Waals surface area contributed by atoms with Crippen molar-refractivity contribution in [2.24, 2.45) is 0 Å². The van der Waals surface area contributed by atoms with Crippen molar-refractivity contribution in [3.05, 3.63) is 40.8 Å². The summed E-state index contributed by atoms with van der Waals surface area (Å²) in [7, 11) is 0. The number of pyridine rings is 1. The van der Waals surface area contributed by atoms with E-state index in [9.17, 15) is 4.79 Å². The maximum Gasteiger partial charge on any atom is 0.258 e. The molecule has 2 rings (SSSR count). The van der Waals surface area contributed by atoms with Gasteiger partial charge < -0.3 is 5.32 Å². The van der Waals surface area contributed by atoms with Gasteiger partial charge in [0.1, 0.15) is 5.82 Å². The summed E-state index contributed by atoms with van der Waals surface area (Å²) in [6.07, 6.45) is 1.66. The lowest BCUT2D eigenvalue weighted by Crippen LogP contribution is -2.15. The molecule has 0 unspecified atom stereocenters. The van der Waals surface area contributed by atoms with Crippen molar-refractivity contribution in [3.63, 3.8) is 0 Å². The Morgan fingerprint density at radius 3 is 2.65 bits per heavy atom. The molecule has 2 heterocycles. The Morgan fingerprint density at radius 1 is 1.29 bits per heavy atom. The van der Waals surface area contributed by atoms with Gasteiger partial charge in [-0.2, -0.15) is 5.10 Å². The van der Waals surface area contributed by atoms with Gasteiger partial charge in [0.15, 0.2) is 0 Å². The minimum absolute atomic E-state index is 0.178. The molecule has 17 heavy (non-hydrogen) atoms. The van der Waals surface area contributed by atoms with Crippen molar-refractivity contribution in [3.8, 4) is 0 Å². The van der Waals surface area contributed by atoms with Crippen LogP contribution in [0.3, 0.4) is 0 Å². The molecular formula is C12H14N4O. The van der Waals surface area contributed by atoms with Gasteiger partial charge in [-0.25, -0.2) is 0 Å². The number of anilines is 1. The number of nitrogens with zero attached hydrogens (tertiary/aromatic N) is 2. The van der Waals surface area contributed by atoms with Crippen molar-refractivity contribution >= 4 is 11.7 Å². The molecule has 0 radical (unpaired) electrons. The zero-order valence-electron chi connectivity index (χ0n) is 10.0. The lowest BCUT2D eigenvalue weighted by Gasteiger charge is -2.06. The summed E-state index contributed by atoms with van der Waals surface area (Å²) in [6, 6.07) is 3.60. The smallest absolute Gasteiger partial charge is 0.258 e. The summed E-state index contributed by atoms with van der Waals surface area (Å²) in [5.41, 5.74) is 3.09. The Labute approximate surface area is 99.3 Å². The van der Waals surface area contributed by atoms with Crippen LogP contribution in [0.4, 0.5) is 5.82 Å². The normalized spacial score (nSPS) is 10.3. The van der Waals surface area contributed by atoms with Crippen LogP contribution in [0.15, 0.2) is 18.3 Å². The highest BCUT2D eigenvalue weighted by molar-refractivity contribution is 6.04. The number of aromatic amines is 1. The molecule has 2 aromatic heterocycles. The SMILES string of the molecule is Cc1ccc(C(=O)Nc2[nH]ncc2C)c(C)n1. The molecule has 2 aromatic rings. The number of rotatable bonds is 2. The first kappa shape index (κ1) is 11.3. The number of hydrogen-bond donors (Lipinski definition) is 2. The van der Waals surface area contributed by atoms with Crippen LogP contribution in [0.25, 0.3) is 0 Å². The van der Waals surface area contributed by atoms with E-state index in [1.165, 1.54) is 0 Å². The number of amides is 1. The van der Waals surface area contributed by atoms with Crippen LogP contribution in [0.1, 0.15) is 27.3 Å². The first-order valence-electron chi connectivity index (χ1n) is 5.33. The molecule has 0 bridgehead atoms. The fourth-order valence-electron chi connectivity index (χ4n) is 1.58. The van der Waals surface area contributed by atoms with Gasteiger partial charge in [0, 0.05) is 11.3 Å². The second-order valence-corrected chi connectivity index (χ2v) is 3.97. The number of H-pyrrole nitrogens is 1. The minimum Gasteiger partial charge on any atom is -0.307 e. The molecule has 5 nitrogen and oxygen atoms in total. The summed E-state index contributed by atoms with van der Waals surface area (Å²) in [5, 5.41) is 9.35. The summed E-state index contributed by atoms with van der Waals surface area (Å²) in [4.78, 5) is 16.3. The number of carbonyl (C=O) groups is 1. The molecule has 5 heteroatoms. The third kappa shape index (κ3) is 2.33. The number of aryl methyl sites for hydroxylation is 3. The zero-order valence-corrected chi connectivity index (χ0v) is 10.0. The van der Waals surface area contributed by atoms with Gasteiger partial charge in [-0.3, -0.25) is 14.9 Å². The fraction of sp³-hybridized carbons (Fsp3) is 0.250. The highest BCUT2D eigenvalue weighted by Crippen LogP contribution is 2.12. The van der Waals surface area contributed by atoms with Crippen LogP contribution in [0.2, 0.25) is 0 Å². The molecule has 1 amide bonds. The zero-order chi connectivity index (χ0) is 12.4. The average Bonchev–Trinajstić information content (AvgIpc) is 2.64. The van der Waals surface area contributed by atoms with Gasteiger partial charge in [-0.15, -0.1) is 0 Å². The van der Waals surface area contributed by atoms with E-state index in [1.54, 1.807) is 12.3 Å². The summed E-state index contributed by atoms with van der Waals surface area (Å²) >= 11 is 0. The molecular weight excluding hydrogens is 216 g/mol. The van der Waals surface area contributed by atoms with Crippen LogP contribution in [0, 0.1) is 20.8 Å². The third-order valence-corrected chi connectivity index (χ3v) is 2.54. The summed E-state index contributed by atoms with van der Waals surface area (Å²) < 4.78 is 0. The molecule has 0 saturated heterocycles. The Hall–Kier alpha value is -2.17. The van der Waals surface area contributed by atoms with Gasteiger partial charge in [0.05, 0.1) is 17.5 Å². The van der Waals surface area contributed by atoms with E-state index in [2.05, 4.69) is 20.5 Å². The van der Waals surface area contributed by atoms with Gasteiger partial charge in [0.2, 0.25) is 0 Å². The maximum absolute atomic E-state index is 12.0. The summed E-state index contributed by atoms with van der Waals surface area (Å²) in [6.45, 7) is 5.59. The van der Waals surface area contributed by atoms with Gasteiger partial charge in [0.25, 0.3) is 5.91 Å². The highest BCUT2D eigenvalue weighted by atomic mass is 16.1. The first-order chi connectivity index (χ1) is 8.08. The average molecular weight is 230 g/mol. The summed E-state index contributed by atoms with van der Waals surface area (Å²) in [5.74, 6) is 0.442. The topological polar surface area (TPSA) is 70.7 Å². The highest BCUT2D eigenvalue weighted by Gasteiger charge is 2.12. The van der Waals surface area contributed by atoms with E-state index in [4.69, 9.17) is 0 Å².